The van der Waals surface area contributed by atoms with Crippen LogP contribution in [0.2, 0.25) is 0 Å². The zero-order chi connectivity index (χ0) is 11.5. The van der Waals surface area contributed by atoms with Gasteiger partial charge in [0.1, 0.15) is 6.33 Å². The van der Waals surface area contributed by atoms with Crippen LogP contribution in [0.3, 0.4) is 0 Å². The molecule has 2 N–H and O–H groups in total. The molecule has 0 radical (unpaired) electrons. The molecule has 84 valence electrons. The lowest BCUT2D eigenvalue weighted by molar-refractivity contribution is -0.394. The van der Waals surface area contributed by atoms with Crippen molar-refractivity contribution in [3.8, 4) is 0 Å². The molecule has 2 rings (SSSR count). The summed E-state index contributed by atoms with van der Waals surface area (Å²) in [6, 6.07) is 0. The average Bonchev–Trinajstić information content (AvgIpc) is 2.84. The molecule has 0 aliphatic heterocycles. The molecule has 11 heteroatoms. The van der Waals surface area contributed by atoms with E-state index in [1.807, 2.05) is 0 Å². The summed E-state index contributed by atoms with van der Waals surface area (Å²) >= 11 is 0. The zero-order valence-corrected chi connectivity index (χ0v) is 7.96. The fourth-order valence-electron chi connectivity index (χ4n) is 1.06. The first-order chi connectivity index (χ1) is 7.66. The number of anilines is 1. The first-order valence-corrected chi connectivity index (χ1v) is 4.22. The molecule has 0 atom stereocenters. The molecular formula is C5H7N9O2. The molecule has 0 fully saturated rings. The number of nitro groups is 1. The minimum atomic E-state index is -0.704. The maximum absolute atomic E-state index is 10.4. The van der Waals surface area contributed by atoms with Crippen LogP contribution in [-0.2, 0) is 13.1 Å². The number of aromatic nitrogens is 7. The van der Waals surface area contributed by atoms with Gasteiger partial charge in [-0.3, -0.25) is 0 Å². The van der Waals surface area contributed by atoms with Crippen LogP contribution < -0.4 is 5.73 Å². The van der Waals surface area contributed by atoms with Crippen molar-refractivity contribution in [1.82, 2.24) is 35.0 Å². The van der Waals surface area contributed by atoms with Gasteiger partial charge in [0.2, 0.25) is 0 Å². The Labute approximate surface area is 88.0 Å². The number of nitrogen functional groups attached to an aromatic ring is 1. The Bertz CT molecular complexity index is 488. The summed E-state index contributed by atoms with van der Waals surface area (Å²) in [6.07, 6.45) is 1.42. The Morgan fingerprint density at radius 3 is 2.88 bits per heavy atom. The molecule has 2 aromatic heterocycles. The highest BCUT2D eigenvalue weighted by Gasteiger charge is 2.18. The Kier molecular flexibility index (Phi) is 2.41. The maximum atomic E-state index is 10.4. The first kappa shape index (κ1) is 9.95. The van der Waals surface area contributed by atoms with Gasteiger partial charge in [0.25, 0.3) is 0 Å². The van der Waals surface area contributed by atoms with Crippen molar-refractivity contribution >= 4 is 11.9 Å². The van der Waals surface area contributed by atoms with E-state index in [0.717, 1.165) is 0 Å². The molecule has 0 aliphatic carbocycles. The highest BCUT2D eigenvalue weighted by molar-refractivity contribution is 5.21. The van der Waals surface area contributed by atoms with Gasteiger partial charge in [-0.2, -0.15) is 4.68 Å². The standard InChI is InChI=1S/C5H7N9O2/c6-4-8-5(14(15)16)9-13(4)2-1-12-3-7-10-11-12/h3H,1-2H2,(H2,6,8,9). The summed E-state index contributed by atoms with van der Waals surface area (Å²) in [5.41, 5.74) is 5.44. The van der Waals surface area contributed by atoms with Gasteiger partial charge in [-0.1, -0.05) is 0 Å². The second-order valence-electron chi connectivity index (χ2n) is 2.82. The second-order valence-corrected chi connectivity index (χ2v) is 2.82. The van der Waals surface area contributed by atoms with E-state index in [0.29, 0.717) is 13.1 Å². The Morgan fingerprint density at radius 1 is 1.50 bits per heavy atom. The van der Waals surface area contributed by atoms with E-state index in [-0.39, 0.29) is 5.95 Å². The van der Waals surface area contributed by atoms with Crippen LogP contribution in [0.4, 0.5) is 11.9 Å². The number of hydrogen-bond donors (Lipinski definition) is 1. The van der Waals surface area contributed by atoms with Crippen molar-refractivity contribution in [2.45, 2.75) is 13.1 Å². The van der Waals surface area contributed by atoms with Crippen LogP contribution in [-0.4, -0.2) is 39.9 Å². The van der Waals surface area contributed by atoms with Crippen LogP contribution in [0.1, 0.15) is 0 Å². The maximum Gasteiger partial charge on any atom is 0.493 e. The molecule has 2 aromatic rings. The van der Waals surface area contributed by atoms with Crippen molar-refractivity contribution < 1.29 is 4.92 Å². The van der Waals surface area contributed by atoms with Gasteiger partial charge in [0.15, 0.2) is 0 Å². The lowest BCUT2D eigenvalue weighted by Crippen LogP contribution is -2.11. The van der Waals surface area contributed by atoms with Crippen LogP contribution in [0.15, 0.2) is 6.33 Å². The molecule has 0 aliphatic rings. The fraction of sp³-hybridized carbons (Fsp3) is 0.400. The van der Waals surface area contributed by atoms with Gasteiger partial charge in [0.05, 0.1) is 13.1 Å². The summed E-state index contributed by atoms with van der Waals surface area (Å²) < 4.78 is 2.67. The number of rotatable bonds is 4. The molecule has 0 saturated carbocycles. The van der Waals surface area contributed by atoms with E-state index in [1.165, 1.54) is 15.7 Å². The normalized spacial score (nSPS) is 10.5. The van der Waals surface area contributed by atoms with E-state index in [2.05, 4.69) is 25.6 Å². The lowest BCUT2D eigenvalue weighted by atomic mass is 10.6. The van der Waals surface area contributed by atoms with E-state index >= 15 is 0 Å². The molecule has 2 heterocycles. The summed E-state index contributed by atoms with van der Waals surface area (Å²) in [7, 11) is 0. The van der Waals surface area contributed by atoms with E-state index < -0.39 is 10.9 Å². The highest BCUT2D eigenvalue weighted by Crippen LogP contribution is 2.07. The van der Waals surface area contributed by atoms with Gasteiger partial charge in [0, 0.05) is 5.10 Å². The molecular weight excluding hydrogens is 218 g/mol. The third-order valence-electron chi connectivity index (χ3n) is 1.78. The Balaban J connectivity index is 2.07. The number of tetrazole rings is 1. The van der Waals surface area contributed by atoms with Crippen LogP contribution in [0, 0.1) is 10.1 Å². The fourth-order valence-corrected chi connectivity index (χ4v) is 1.06. The van der Waals surface area contributed by atoms with Crippen molar-refractivity contribution in [3.05, 3.63) is 16.4 Å². The lowest BCUT2D eigenvalue weighted by Gasteiger charge is -1.96. The predicted molar refractivity (Wildman–Crippen MR) is 48.9 cm³/mol. The SMILES string of the molecule is Nc1nc([N+](=O)[O-])nn1CCn1cnnn1. The Hall–Kier alpha value is -2.59. The largest absolute Gasteiger partial charge is 0.493 e. The van der Waals surface area contributed by atoms with Gasteiger partial charge in [-0.05, 0) is 20.3 Å². The molecule has 0 amide bonds. The summed E-state index contributed by atoms with van der Waals surface area (Å²) in [5.74, 6) is -0.533. The minimum absolute atomic E-state index is 0.0141. The van der Waals surface area contributed by atoms with E-state index in [1.54, 1.807) is 0 Å². The van der Waals surface area contributed by atoms with Gasteiger partial charge in [-0.15, -0.1) is 5.10 Å². The topological polar surface area (TPSA) is 143 Å². The van der Waals surface area contributed by atoms with Gasteiger partial charge >= 0.3 is 11.9 Å². The molecule has 0 unspecified atom stereocenters. The van der Waals surface area contributed by atoms with Crippen LogP contribution >= 0.6 is 0 Å². The summed E-state index contributed by atoms with van der Waals surface area (Å²) in [4.78, 5) is 13.1. The van der Waals surface area contributed by atoms with E-state index in [9.17, 15) is 10.1 Å². The van der Waals surface area contributed by atoms with Crippen molar-refractivity contribution in [2.24, 2.45) is 0 Å². The monoisotopic (exact) mass is 225 g/mol. The van der Waals surface area contributed by atoms with Crippen LogP contribution in [0.25, 0.3) is 0 Å². The van der Waals surface area contributed by atoms with Crippen molar-refractivity contribution in [2.75, 3.05) is 5.73 Å². The number of nitrogens with zero attached hydrogens (tertiary/aromatic N) is 8. The smallest absolute Gasteiger partial charge is 0.390 e. The van der Waals surface area contributed by atoms with Crippen molar-refractivity contribution in [1.29, 1.82) is 0 Å². The number of nitrogens with two attached hydrogens (primary N) is 1. The molecule has 0 bridgehead atoms. The average molecular weight is 225 g/mol. The van der Waals surface area contributed by atoms with Gasteiger partial charge in [-0.25, -0.2) is 4.68 Å². The van der Waals surface area contributed by atoms with Crippen LogP contribution in [0.5, 0.6) is 0 Å². The van der Waals surface area contributed by atoms with E-state index in [4.69, 9.17) is 5.73 Å². The number of hydrogen-bond acceptors (Lipinski definition) is 8. The predicted octanol–water partition coefficient (Wildman–Crippen LogP) is -1.54. The number of aryl methyl sites for hydroxylation is 2. The molecule has 0 spiro atoms. The van der Waals surface area contributed by atoms with Gasteiger partial charge < -0.3 is 15.8 Å². The molecule has 16 heavy (non-hydrogen) atoms. The first-order valence-electron chi connectivity index (χ1n) is 4.22. The third-order valence-corrected chi connectivity index (χ3v) is 1.78. The highest BCUT2D eigenvalue weighted by atomic mass is 16.6. The third kappa shape index (κ3) is 1.92. The summed E-state index contributed by atoms with van der Waals surface area (Å²) in [5, 5.41) is 24.5. The molecule has 11 nitrogen and oxygen atoms in total. The second kappa shape index (κ2) is 3.88. The Morgan fingerprint density at radius 2 is 2.31 bits per heavy atom. The van der Waals surface area contributed by atoms with Crippen molar-refractivity contribution in [3.63, 3.8) is 0 Å². The quantitative estimate of drug-likeness (QED) is 0.486. The zero-order valence-electron chi connectivity index (χ0n) is 7.96. The molecule has 0 aromatic carbocycles. The molecule has 0 saturated heterocycles. The summed E-state index contributed by atoms with van der Waals surface area (Å²) in [6.45, 7) is 0.704. The minimum Gasteiger partial charge on any atom is -0.390 e.